The number of carbonyl (C=O) groups excluding carboxylic acids is 2. The van der Waals surface area contributed by atoms with E-state index in [2.05, 4.69) is 10.1 Å². The molecule has 0 saturated heterocycles. The largest absolute Gasteiger partial charge is 0.440 e. The Balaban J connectivity index is 2.59. The van der Waals surface area contributed by atoms with Gasteiger partial charge in [-0.1, -0.05) is 12.1 Å². The molecule has 4 nitrogen and oxygen atoms in total. The molecule has 98 valence electrons. The standard InChI is InChI=1S/C11H10F3NO3/c1-7(16)8-3-2-4-9(5-8)15-10(17)18-6-11(12,13)14/h2-5H,6H2,1H3,(H,15,17). The average molecular weight is 261 g/mol. The van der Waals surface area contributed by atoms with Crippen LogP contribution in [0.25, 0.3) is 0 Å². The number of alkyl halides is 3. The molecule has 0 spiro atoms. The van der Waals surface area contributed by atoms with Gasteiger partial charge in [0.1, 0.15) is 0 Å². The highest BCUT2D eigenvalue weighted by molar-refractivity contribution is 5.96. The zero-order valence-electron chi connectivity index (χ0n) is 9.38. The van der Waals surface area contributed by atoms with Crippen LogP contribution in [0.3, 0.4) is 0 Å². The van der Waals surface area contributed by atoms with Crippen LogP contribution in [0.15, 0.2) is 24.3 Å². The summed E-state index contributed by atoms with van der Waals surface area (Å²) < 4.78 is 39.3. The number of rotatable bonds is 3. The van der Waals surface area contributed by atoms with Crippen LogP contribution in [0.4, 0.5) is 23.7 Å². The number of amides is 1. The molecule has 1 amide bonds. The predicted octanol–water partition coefficient (Wildman–Crippen LogP) is 3.00. The molecule has 1 rings (SSSR count). The van der Waals surface area contributed by atoms with E-state index >= 15 is 0 Å². The Hall–Kier alpha value is -2.05. The first-order chi connectivity index (χ1) is 8.28. The van der Waals surface area contributed by atoms with Crippen LogP contribution in [-0.4, -0.2) is 24.7 Å². The van der Waals surface area contributed by atoms with Gasteiger partial charge in [0.25, 0.3) is 0 Å². The van der Waals surface area contributed by atoms with Gasteiger partial charge in [0.15, 0.2) is 12.4 Å². The summed E-state index contributed by atoms with van der Waals surface area (Å²) in [6.07, 6.45) is -5.80. The van der Waals surface area contributed by atoms with E-state index in [1.807, 2.05) is 0 Å². The zero-order valence-corrected chi connectivity index (χ0v) is 9.38. The first-order valence-electron chi connectivity index (χ1n) is 4.89. The summed E-state index contributed by atoms with van der Waals surface area (Å²) >= 11 is 0. The summed E-state index contributed by atoms with van der Waals surface area (Å²) in [5.41, 5.74) is 0.526. The third kappa shape index (κ3) is 4.86. The van der Waals surface area contributed by atoms with Crippen LogP contribution in [0.1, 0.15) is 17.3 Å². The van der Waals surface area contributed by atoms with Gasteiger partial charge >= 0.3 is 12.3 Å². The molecule has 7 heteroatoms. The van der Waals surface area contributed by atoms with Gasteiger partial charge in [-0.05, 0) is 19.1 Å². The lowest BCUT2D eigenvalue weighted by Crippen LogP contribution is -2.23. The monoisotopic (exact) mass is 261 g/mol. The van der Waals surface area contributed by atoms with Gasteiger partial charge in [-0.3, -0.25) is 10.1 Å². The van der Waals surface area contributed by atoms with Gasteiger partial charge in [-0.15, -0.1) is 0 Å². The van der Waals surface area contributed by atoms with Crippen LogP contribution in [0.2, 0.25) is 0 Å². The molecular weight excluding hydrogens is 251 g/mol. The van der Waals surface area contributed by atoms with Crippen LogP contribution in [0, 0.1) is 0 Å². The van der Waals surface area contributed by atoms with E-state index in [1.54, 1.807) is 0 Å². The fourth-order valence-electron chi connectivity index (χ4n) is 1.12. The van der Waals surface area contributed by atoms with Crippen molar-refractivity contribution >= 4 is 17.6 Å². The van der Waals surface area contributed by atoms with Crippen molar-refractivity contribution in [3.8, 4) is 0 Å². The highest BCUT2D eigenvalue weighted by Gasteiger charge is 2.29. The molecule has 0 bridgehead atoms. The molecule has 0 atom stereocenters. The topological polar surface area (TPSA) is 55.4 Å². The van der Waals surface area contributed by atoms with Crippen LogP contribution < -0.4 is 5.32 Å². The number of hydrogen-bond donors (Lipinski definition) is 1. The first-order valence-corrected chi connectivity index (χ1v) is 4.89. The fourth-order valence-corrected chi connectivity index (χ4v) is 1.12. The van der Waals surface area contributed by atoms with Crippen molar-refractivity contribution in [2.45, 2.75) is 13.1 Å². The SMILES string of the molecule is CC(=O)c1cccc(NC(=O)OCC(F)(F)F)c1. The molecule has 1 aromatic carbocycles. The van der Waals surface area contributed by atoms with Crippen LogP contribution >= 0.6 is 0 Å². The van der Waals surface area contributed by atoms with Gasteiger partial charge in [0, 0.05) is 11.3 Å². The minimum atomic E-state index is -4.57. The molecular formula is C11H10F3NO3. The zero-order chi connectivity index (χ0) is 13.8. The van der Waals surface area contributed by atoms with Gasteiger partial charge in [-0.2, -0.15) is 13.2 Å². The summed E-state index contributed by atoms with van der Waals surface area (Å²) in [7, 11) is 0. The minimum Gasteiger partial charge on any atom is -0.440 e. The number of ketones is 1. The van der Waals surface area contributed by atoms with Crippen molar-refractivity contribution in [3.63, 3.8) is 0 Å². The molecule has 0 aliphatic heterocycles. The number of Topliss-reactive ketones (excluding diaryl/α,β-unsaturated/α-hetero) is 1. The number of hydrogen-bond acceptors (Lipinski definition) is 3. The maximum Gasteiger partial charge on any atom is 0.422 e. The van der Waals surface area contributed by atoms with E-state index in [-0.39, 0.29) is 11.5 Å². The van der Waals surface area contributed by atoms with E-state index in [0.717, 1.165) is 0 Å². The lowest BCUT2D eigenvalue weighted by Gasteiger charge is -2.09. The summed E-state index contributed by atoms with van der Waals surface area (Å²) in [6, 6.07) is 5.79. The van der Waals surface area contributed by atoms with Gasteiger partial charge in [0.05, 0.1) is 0 Å². The van der Waals surface area contributed by atoms with Crippen LogP contribution in [0.5, 0.6) is 0 Å². The fraction of sp³-hybridized carbons (Fsp3) is 0.273. The van der Waals surface area contributed by atoms with Crippen molar-refractivity contribution in [2.75, 3.05) is 11.9 Å². The predicted molar refractivity (Wildman–Crippen MR) is 57.5 cm³/mol. The number of carbonyl (C=O) groups is 2. The van der Waals surface area contributed by atoms with E-state index in [0.29, 0.717) is 5.56 Å². The minimum absolute atomic E-state index is 0.190. The smallest absolute Gasteiger partial charge is 0.422 e. The second-order valence-electron chi connectivity index (χ2n) is 3.45. The quantitative estimate of drug-likeness (QED) is 0.851. The van der Waals surface area contributed by atoms with Crippen molar-refractivity contribution in [1.82, 2.24) is 0 Å². The molecule has 0 radical (unpaired) electrons. The van der Waals surface area contributed by atoms with Gasteiger partial charge < -0.3 is 4.74 Å². The van der Waals surface area contributed by atoms with E-state index in [4.69, 9.17) is 0 Å². The third-order valence-electron chi connectivity index (χ3n) is 1.88. The highest BCUT2D eigenvalue weighted by Crippen LogP contribution is 2.16. The Labute approximate surface area is 101 Å². The normalized spacial score (nSPS) is 10.9. The maximum atomic E-state index is 11.8. The molecule has 0 heterocycles. The van der Waals surface area contributed by atoms with Gasteiger partial charge in [0.2, 0.25) is 0 Å². The van der Waals surface area contributed by atoms with Crippen molar-refractivity contribution in [3.05, 3.63) is 29.8 Å². The molecule has 1 N–H and O–H groups in total. The van der Waals surface area contributed by atoms with Gasteiger partial charge in [-0.25, -0.2) is 4.79 Å². The van der Waals surface area contributed by atoms with Crippen molar-refractivity contribution < 1.29 is 27.5 Å². The molecule has 1 aromatic rings. The summed E-state index contributed by atoms with van der Waals surface area (Å²) in [5, 5.41) is 2.10. The van der Waals surface area contributed by atoms with E-state index in [1.165, 1.54) is 31.2 Å². The second-order valence-corrected chi connectivity index (χ2v) is 3.45. The van der Waals surface area contributed by atoms with E-state index < -0.39 is 18.9 Å². The average Bonchev–Trinajstić information content (AvgIpc) is 2.26. The Kier molecular flexibility index (Phi) is 4.30. The third-order valence-corrected chi connectivity index (χ3v) is 1.88. The number of benzene rings is 1. The Bertz CT molecular complexity index is 457. The number of nitrogens with one attached hydrogen (secondary N) is 1. The number of halogens is 3. The summed E-state index contributed by atoms with van der Waals surface area (Å²) in [6.45, 7) is -0.327. The number of ether oxygens (including phenoxy) is 1. The molecule has 0 aromatic heterocycles. The van der Waals surface area contributed by atoms with Crippen molar-refractivity contribution in [2.24, 2.45) is 0 Å². The highest BCUT2D eigenvalue weighted by atomic mass is 19.4. The molecule has 0 saturated carbocycles. The van der Waals surface area contributed by atoms with Crippen molar-refractivity contribution in [1.29, 1.82) is 0 Å². The van der Waals surface area contributed by atoms with E-state index in [9.17, 15) is 22.8 Å². The summed E-state index contributed by atoms with van der Waals surface area (Å²) in [4.78, 5) is 22.1. The molecule has 0 unspecified atom stereocenters. The molecule has 0 aliphatic rings. The Morgan fingerprint density at radius 2 is 2.00 bits per heavy atom. The first kappa shape index (κ1) is 14.0. The Morgan fingerprint density at radius 3 is 2.56 bits per heavy atom. The Morgan fingerprint density at radius 1 is 1.33 bits per heavy atom. The summed E-state index contributed by atoms with van der Waals surface area (Å²) in [5.74, 6) is -0.220. The molecule has 0 fully saturated rings. The lowest BCUT2D eigenvalue weighted by molar-refractivity contribution is -0.159. The van der Waals surface area contributed by atoms with Crippen LogP contribution in [-0.2, 0) is 4.74 Å². The molecule has 18 heavy (non-hydrogen) atoms. The number of anilines is 1. The second kappa shape index (κ2) is 5.52. The maximum absolute atomic E-state index is 11.8. The molecule has 0 aliphatic carbocycles. The lowest BCUT2D eigenvalue weighted by atomic mass is 10.1.